The van der Waals surface area contributed by atoms with Crippen LogP contribution in [0.25, 0.3) is 0 Å². The molecule has 6 nitrogen and oxygen atoms in total. The second kappa shape index (κ2) is 7.24. The number of aromatic nitrogens is 1. The van der Waals surface area contributed by atoms with Crippen LogP contribution in [0.1, 0.15) is 37.8 Å². The monoisotopic (exact) mass is 306 g/mol. The summed E-state index contributed by atoms with van der Waals surface area (Å²) >= 11 is 0. The highest BCUT2D eigenvalue weighted by Crippen LogP contribution is 2.19. The number of rotatable bonds is 6. The summed E-state index contributed by atoms with van der Waals surface area (Å²) in [5.41, 5.74) is 0.876. The number of aliphatic carboxylic acids is 1. The van der Waals surface area contributed by atoms with Crippen molar-refractivity contribution < 1.29 is 14.7 Å². The third kappa shape index (κ3) is 3.75. The molecule has 2 rings (SSSR count). The van der Waals surface area contributed by atoms with Crippen LogP contribution in [-0.2, 0) is 16.1 Å². The molecule has 1 aliphatic heterocycles. The van der Waals surface area contributed by atoms with E-state index < -0.39 is 12.0 Å². The first-order chi connectivity index (χ1) is 10.5. The van der Waals surface area contributed by atoms with E-state index in [1.165, 1.54) is 11.0 Å². The third-order valence-corrected chi connectivity index (χ3v) is 4.15. The molecule has 1 aromatic heterocycles. The van der Waals surface area contributed by atoms with Crippen molar-refractivity contribution >= 4 is 11.9 Å². The van der Waals surface area contributed by atoms with Crippen LogP contribution in [0.2, 0.25) is 0 Å². The van der Waals surface area contributed by atoms with Crippen LogP contribution in [0.4, 0.5) is 0 Å². The van der Waals surface area contributed by atoms with Crippen LogP contribution in [-0.4, -0.2) is 39.0 Å². The molecule has 1 aliphatic rings. The molecule has 0 aromatic carbocycles. The summed E-state index contributed by atoms with van der Waals surface area (Å²) in [5.74, 6) is -1.01. The van der Waals surface area contributed by atoms with Gasteiger partial charge in [0, 0.05) is 31.3 Å². The number of carboxylic acids is 1. The van der Waals surface area contributed by atoms with Crippen LogP contribution in [0.15, 0.2) is 23.0 Å². The maximum atomic E-state index is 12.1. The molecule has 0 bridgehead atoms. The first kappa shape index (κ1) is 16.3. The Kier molecular flexibility index (Phi) is 5.35. The Hall–Kier alpha value is -2.11. The number of amides is 1. The van der Waals surface area contributed by atoms with Gasteiger partial charge in [-0.25, -0.2) is 4.79 Å². The Balaban J connectivity index is 1.80. The van der Waals surface area contributed by atoms with Gasteiger partial charge in [-0.2, -0.15) is 0 Å². The molecule has 1 fully saturated rings. The number of likely N-dealkylation sites (tertiary alicyclic amines) is 1. The third-order valence-electron chi connectivity index (χ3n) is 4.15. The lowest BCUT2D eigenvalue weighted by atomic mass is 10.2. The molecule has 0 radical (unpaired) electrons. The highest BCUT2D eigenvalue weighted by molar-refractivity contribution is 5.84. The van der Waals surface area contributed by atoms with E-state index in [1.54, 1.807) is 10.6 Å². The molecule has 1 saturated heterocycles. The minimum Gasteiger partial charge on any atom is -0.480 e. The number of hydrogen-bond donors (Lipinski definition) is 1. The summed E-state index contributed by atoms with van der Waals surface area (Å²) in [6.07, 6.45) is 3.01. The molecular weight excluding hydrogens is 284 g/mol. The lowest BCUT2D eigenvalue weighted by Crippen LogP contribution is -2.40. The molecule has 22 heavy (non-hydrogen) atoms. The predicted octanol–water partition coefficient (Wildman–Crippen LogP) is 1.40. The zero-order valence-corrected chi connectivity index (χ0v) is 12.8. The minimum absolute atomic E-state index is 0.0307. The fraction of sp³-hybridized carbons (Fsp3) is 0.562. The second-order valence-electron chi connectivity index (χ2n) is 5.70. The zero-order chi connectivity index (χ0) is 16.1. The van der Waals surface area contributed by atoms with Crippen LogP contribution in [0.5, 0.6) is 0 Å². The molecule has 0 spiro atoms. The summed E-state index contributed by atoms with van der Waals surface area (Å²) < 4.78 is 1.69. The van der Waals surface area contributed by atoms with Crippen LogP contribution < -0.4 is 5.56 Å². The topological polar surface area (TPSA) is 79.6 Å². The molecule has 1 unspecified atom stereocenters. The Labute approximate surface area is 129 Å². The maximum absolute atomic E-state index is 12.1. The van der Waals surface area contributed by atoms with Crippen LogP contribution >= 0.6 is 0 Å². The molecule has 0 saturated carbocycles. The molecule has 1 aromatic rings. The number of nitrogens with zero attached hydrogens (tertiary/aromatic N) is 2. The van der Waals surface area contributed by atoms with Crippen molar-refractivity contribution in [3.63, 3.8) is 0 Å². The lowest BCUT2D eigenvalue weighted by Gasteiger charge is -2.21. The fourth-order valence-corrected chi connectivity index (χ4v) is 2.92. The van der Waals surface area contributed by atoms with Gasteiger partial charge in [0.1, 0.15) is 6.04 Å². The maximum Gasteiger partial charge on any atom is 0.326 e. The quantitative estimate of drug-likeness (QED) is 0.806. The van der Waals surface area contributed by atoms with Gasteiger partial charge in [0.15, 0.2) is 0 Å². The zero-order valence-electron chi connectivity index (χ0n) is 12.8. The van der Waals surface area contributed by atoms with Gasteiger partial charge in [0.25, 0.3) is 5.56 Å². The van der Waals surface area contributed by atoms with Crippen molar-refractivity contribution in [1.29, 1.82) is 0 Å². The largest absolute Gasteiger partial charge is 0.480 e. The van der Waals surface area contributed by atoms with Crippen molar-refractivity contribution in [3.05, 3.63) is 34.2 Å². The van der Waals surface area contributed by atoms with E-state index in [0.29, 0.717) is 32.4 Å². The van der Waals surface area contributed by atoms with E-state index in [9.17, 15) is 14.4 Å². The van der Waals surface area contributed by atoms with Crippen molar-refractivity contribution in [2.75, 3.05) is 6.54 Å². The highest BCUT2D eigenvalue weighted by Gasteiger charge is 2.33. The SMILES string of the molecule is Cc1cccc(=O)n1CCCCC(=O)N1CCCC1C(=O)O. The lowest BCUT2D eigenvalue weighted by molar-refractivity contribution is -0.148. The van der Waals surface area contributed by atoms with Gasteiger partial charge in [-0.15, -0.1) is 0 Å². The van der Waals surface area contributed by atoms with Crippen molar-refractivity contribution in [2.45, 2.75) is 51.6 Å². The van der Waals surface area contributed by atoms with Gasteiger partial charge in [-0.1, -0.05) is 6.07 Å². The number of carboxylic acid groups (broad SMARTS) is 1. The summed E-state index contributed by atoms with van der Waals surface area (Å²) in [6, 6.07) is 4.48. The van der Waals surface area contributed by atoms with E-state index in [0.717, 1.165) is 18.5 Å². The molecular formula is C16H22N2O4. The first-order valence-electron chi connectivity index (χ1n) is 7.69. The Morgan fingerprint density at radius 1 is 1.32 bits per heavy atom. The summed E-state index contributed by atoms with van der Waals surface area (Å²) in [5, 5.41) is 9.08. The van der Waals surface area contributed by atoms with E-state index >= 15 is 0 Å². The van der Waals surface area contributed by atoms with Crippen molar-refractivity contribution in [1.82, 2.24) is 9.47 Å². The van der Waals surface area contributed by atoms with Crippen molar-refractivity contribution in [3.8, 4) is 0 Å². The number of unbranched alkanes of at least 4 members (excludes halogenated alkanes) is 1. The standard InChI is InChI=1S/C16H22N2O4/c1-12-6-4-9-14(19)17(12)10-3-2-8-15(20)18-11-5-7-13(18)16(21)22/h4,6,9,13H,2-3,5,7-8,10-11H2,1H3,(H,21,22). The molecule has 6 heteroatoms. The molecule has 120 valence electrons. The summed E-state index contributed by atoms with van der Waals surface area (Å²) in [7, 11) is 0. The number of pyridine rings is 1. The fourth-order valence-electron chi connectivity index (χ4n) is 2.92. The van der Waals surface area contributed by atoms with E-state index in [2.05, 4.69) is 0 Å². The number of carbonyl (C=O) groups excluding carboxylic acids is 1. The molecule has 1 N–H and O–H groups in total. The van der Waals surface area contributed by atoms with Crippen LogP contribution in [0.3, 0.4) is 0 Å². The number of carbonyl (C=O) groups is 2. The highest BCUT2D eigenvalue weighted by atomic mass is 16.4. The van der Waals surface area contributed by atoms with Crippen molar-refractivity contribution in [2.24, 2.45) is 0 Å². The van der Waals surface area contributed by atoms with Gasteiger partial charge in [-0.3, -0.25) is 9.59 Å². The minimum atomic E-state index is -0.919. The average Bonchev–Trinajstić information content (AvgIpc) is 2.95. The van der Waals surface area contributed by atoms with Crippen LogP contribution in [0, 0.1) is 6.92 Å². The number of hydrogen-bond acceptors (Lipinski definition) is 3. The van der Waals surface area contributed by atoms with Gasteiger partial charge in [0.2, 0.25) is 5.91 Å². The molecule has 2 heterocycles. The van der Waals surface area contributed by atoms with Gasteiger partial charge in [-0.05, 0) is 38.7 Å². The van der Waals surface area contributed by atoms with Gasteiger partial charge < -0.3 is 14.6 Å². The normalized spacial score (nSPS) is 17.7. The van der Waals surface area contributed by atoms with Gasteiger partial charge in [0.05, 0.1) is 0 Å². The second-order valence-corrected chi connectivity index (χ2v) is 5.70. The first-order valence-corrected chi connectivity index (χ1v) is 7.69. The Morgan fingerprint density at radius 3 is 2.77 bits per heavy atom. The molecule has 1 atom stereocenters. The van der Waals surface area contributed by atoms with Gasteiger partial charge >= 0.3 is 5.97 Å². The Morgan fingerprint density at radius 2 is 2.09 bits per heavy atom. The predicted molar refractivity (Wildman–Crippen MR) is 81.7 cm³/mol. The molecule has 1 amide bonds. The summed E-state index contributed by atoms with van der Waals surface area (Å²) in [4.78, 5) is 36.4. The number of aryl methyl sites for hydroxylation is 1. The average molecular weight is 306 g/mol. The summed E-state index contributed by atoms with van der Waals surface area (Å²) in [6.45, 7) is 3.00. The van der Waals surface area contributed by atoms with E-state index in [-0.39, 0.29) is 11.5 Å². The Bertz CT molecular complexity index is 608. The van der Waals surface area contributed by atoms with E-state index in [1.807, 2.05) is 13.0 Å². The smallest absolute Gasteiger partial charge is 0.326 e. The van der Waals surface area contributed by atoms with E-state index in [4.69, 9.17) is 5.11 Å². The molecule has 0 aliphatic carbocycles.